The van der Waals surface area contributed by atoms with Crippen LogP contribution < -0.4 is 5.32 Å². The smallest absolute Gasteiger partial charge is 0.0767 e. The van der Waals surface area contributed by atoms with Crippen LogP contribution >= 0.6 is 15.9 Å². The van der Waals surface area contributed by atoms with Gasteiger partial charge in [0, 0.05) is 20.1 Å². The third-order valence-electron chi connectivity index (χ3n) is 3.09. The Labute approximate surface area is 118 Å². The van der Waals surface area contributed by atoms with Gasteiger partial charge in [-0.05, 0) is 35.7 Å². The van der Waals surface area contributed by atoms with Crippen molar-refractivity contribution in [1.29, 1.82) is 0 Å². The van der Waals surface area contributed by atoms with E-state index in [1.54, 1.807) is 0 Å². The number of nitrogens with zero attached hydrogens (tertiary/aromatic N) is 2. The summed E-state index contributed by atoms with van der Waals surface area (Å²) in [4.78, 5) is 0. The van der Waals surface area contributed by atoms with E-state index in [0.717, 1.165) is 35.1 Å². The molecule has 0 radical (unpaired) electrons. The predicted octanol–water partition coefficient (Wildman–Crippen LogP) is 2.39. The van der Waals surface area contributed by atoms with E-state index in [1.165, 1.54) is 0 Å². The zero-order valence-electron chi connectivity index (χ0n) is 11.8. The average Bonchev–Trinajstić information content (AvgIpc) is 2.55. The van der Waals surface area contributed by atoms with Gasteiger partial charge >= 0.3 is 0 Å². The Morgan fingerprint density at radius 3 is 2.61 bits per heavy atom. The van der Waals surface area contributed by atoms with Crippen LogP contribution in [0.15, 0.2) is 4.47 Å². The molecule has 0 saturated carbocycles. The fraction of sp³-hybridized carbons (Fsp3) is 0.769. The molecule has 0 spiro atoms. The first-order chi connectivity index (χ1) is 8.41. The summed E-state index contributed by atoms with van der Waals surface area (Å²) in [5, 5.41) is 17.8. The van der Waals surface area contributed by atoms with Crippen molar-refractivity contribution in [3.8, 4) is 0 Å². The van der Waals surface area contributed by atoms with E-state index in [-0.39, 0.29) is 0 Å². The van der Waals surface area contributed by atoms with Gasteiger partial charge in [0.1, 0.15) is 0 Å². The van der Waals surface area contributed by atoms with Crippen molar-refractivity contribution < 1.29 is 5.11 Å². The number of hydrogen-bond donors (Lipinski definition) is 2. The van der Waals surface area contributed by atoms with Crippen LogP contribution in [-0.4, -0.2) is 27.0 Å². The van der Waals surface area contributed by atoms with Gasteiger partial charge in [0.15, 0.2) is 0 Å². The summed E-state index contributed by atoms with van der Waals surface area (Å²) in [5.41, 5.74) is 1.57. The van der Waals surface area contributed by atoms with E-state index < -0.39 is 5.60 Å². The van der Waals surface area contributed by atoms with Crippen LogP contribution in [0.5, 0.6) is 0 Å². The second kappa shape index (κ2) is 6.68. The fourth-order valence-corrected chi connectivity index (χ4v) is 2.85. The maximum Gasteiger partial charge on any atom is 0.0767 e. The van der Waals surface area contributed by atoms with E-state index in [4.69, 9.17) is 0 Å². The zero-order valence-corrected chi connectivity index (χ0v) is 13.3. The third kappa shape index (κ3) is 4.07. The molecule has 4 nitrogen and oxygen atoms in total. The summed E-state index contributed by atoms with van der Waals surface area (Å²) in [7, 11) is 1.95. The molecule has 104 valence electrons. The molecule has 0 aliphatic rings. The molecule has 0 fully saturated rings. The van der Waals surface area contributed by atoms with Crippen LogP contribution in [0.4, 0.5) is 0 Å². The highest BCUT2D eigenvalue weighted by Crippen LogP contribution is 2.21. The van der Waals surface area contributed by atoms with E-state index in [9.17, 15) is 5.11 Å². The molecule has 1 atom stereocenters. The Kier molecular flexibility index (Phi) is 5.82. The van der Waals surface area contributed by atoms with E-state index in [2.05, 4.69) is 40.2 Å². The van der Waals surface area contributed by atoms with Gasteiger partial charge in [-0.1, -0.05) is 20.3 Å². The molecular formula is C13H24BrN3O. The van der Waals surface area contributed by atoms with Gasteiger partial charge in [-0.25, -0.2) is 0 Å². The Hall–Kier alpha value is -0.390. The van der Waals surface area contributed by atoms with Gasteiger partial charge in [-0.3, -0.25) is 4.68 Å². The first-order valence-corrected chi connectivity index (χ1v) is 7.34. The van der Waals surface area contributed by atoms with Gasteiger partial charge < -0.3 is 10.4 Å². The summed E-state index contributed by atoms with van der Waals surface area (Å²) in [6, 6.07) is 0. The highest BCUT2D eigenvalue weighted by Gasteiger charge is 2.19. The molecule has 5 heteroatoms. The number of halogens is 1. The Balaban J connectivity index is 2.56. The Bertz CT molecular complexity index is 388. The molecule has 0 aromatic carbocycles. The van der Waals surface area contributed by atoms with E-state index in [1.807, 2.05) is 18.7 Å². The number of aryl methyl sites for hydroxylation is 2. The molecule has 0 bridgehead atoms. The molecule has 0 saturated heterocycles. The predicted molar refractivity (Wildman–Crippen MR) is 77.5 cm³/mol. The second-order valence-electron chi connectivity index (χ2n) is 5.04. The summed E-state index contributed by atoms with van der Waals surface area (Å²) in [5.74, 6) is 0. The molecule has 1 aromatic rings. The van der Waals surface area contributed by atoms with E-state index >= 15 is 0 Å². The highest BCUT2D eigenvalue weighted by molar-refractivity contribution is 9.10. The normalized spacial score (nSPS) is 14.8. The highest BCUT2D eigenvalue weighted by atomic mass is 79.9. The molecule has 0 aliphatic heterocycles. The quantitative estimate of drug-likeness (QED) is 0.811. The number of aromatic nitrogens is 2. The van der Waals surface area contributed by atoms with Crippen molar-refractivity contribution in [2.45, 2.75) is 52.2 Å². The van der Waals surface area contributed by atoms with Crippen molar-refractivity contribution in [2.75, 3.05) is 6.54 Å². The first kappa shape index (κ1) is 15.7. The van der Waals surface area contributed by atoms with Gasteiger partial charge in [0.05, 0.1) is 21.5 Å². The minimum Gasteiger partial charge on any atom is -0.389 e. The first-order valence-electron chi connectivity index (χ1n) is 6.54. The van der Waals surface area contributed by atoms with Crippen LogP contribution in [-0.2, 0) is 20.0 Å². The van der Waals surface area contributed by atoms with Crippen LogP contribution in [0, 0.1) is 0 Å². The largest absolute Gasteiger partial charge is 0.389 e. The molecule has 2 N–H and O–H groups in total. The lowest BCUT2D eigenvalue weighted by Crippen LogP contribution is -2.37. The van der Waals surface area contributed by atoms with Gasteiger partial charge in [-0.2, -0.15) is 5.10 Å². The molecule has 1 aromatic heterocycles. The van der Waals surface area contributed by atoms with Crippen molar-refractivity contribution in [1.82, 2.24) is 15.1 Å². The van der Waals surface area contributed by atoms with Gasteiger partial charge in [-0.15, -0.1) is 0 Å². The SMILES string of the molecule is CCCC(C)(O)CNCc1c(Br)c(CC)nn1C. The molecule has 1 heterocycles. The van der Waals surface area contributed by atoms with Crippen molar-refractivity contribution in [3.63, 3.8) is 0 Å². The van der Waals surface area contributed by atoms with Crippen LogP contribution in [0.2, 0.25) is 0 Å². The molecule has 0 aliphatic carbocycles. The van der Waals surface area contributed by atoms with Crippen molar-refractivity contribution >= 4 is 15.9 Å². The zero-order chi connectivity index (χ0) is 13.8. The van der Waals surface area contributed by atoms with Crippen LogP contribution in [0.3, 0.4) is 0 Å². The van der Waals surface area contributed by atoms with E-state index in [0.29, 0.717) is 13.1 Å². The topological polar surface area (TPSA) is 50.1 Å². The number of aliphatic hydroxyl groups is 1. The molecule has 1 unspecified atom stereocenters. The lowest BCUT2D eigenvalue weighted by molar-refractivity contribution is 0.0496. The molecule has 1 rings (SSSR count). The van der Waals surface area contributed by atoms with Crippen molar-refractivity contribution in [2.24, 2.45) is 7.05 Å². The summed E-state index contributed by atoms with van der Waals surface area (Å²) >= 11 is 3.59. The monoisotopic (exact) mass is 317 g/mol. The summed E-state index contributed by atoms with van der Waals surface area (Å²) < 4.78 is 2.97. The average molecular weight is 318 g/mol. The lowest BCUT2D eigenvalue weighted by atomic mass is 10.0. The number of hydrogen-bond acceptors (Lipinski definition) is 3. The molecule has 18 heavy (non-hydrogen) atoms. The van der Waals surface area contributed by atoms with Crippen LogP contribution in [0.1, 0.15) is 45.0 Å². The maximum absolute atomic E-state index is 10.1. The third-order valence-corrected chi connectivity index (χ3v) is 4.01. The summed E-state index contributed by atoms with van der Waals surface area (Å²) in [6.07, 6.45) is 2.72. The maximum atomic E-state index is 10.1. The number of rotatable bonds is 7. The second-order valence-corrected chi connectivity index (χ2v) is 5.83. The van der Waals surface area contributed by atoms with Crippen LogP contribution in [0.25, 0.3) is 0 Å². The van der Waals surface area contributed by atoms with Gasteiger partial charge in [0.25, 0.3) is 0 Å². The van der Waals surface area contributed by atoms with Gasteiger partial charge in [0.2, 0.25) is 0 Å². The standard InChI is InChI=1S/C13H24BrN3O/c1-5-7-13(3,18)9-15-8-11-12(14)10(6-2)16-17(11)4/h15,18H,5-9H2,1-4H3. The fourth-order valence-electron chi connectivity index (χ4n) is 2.09. The molecular weight excluding hydrogens is 294 g/mol. The minimum absolute atomic E-state index is 0.597. The Morgan fingerprint density at radius 1 is 1.44 bits per heavy atom. The van der Waals surface area contributed by atoms with Crippen molar-refractivity contribution in [3.05, 3.63) is 15.9 Å². The number of nitrogens with one attached hydrogen (secondary N) is 1. The Morgan fingerprint density at radius 2 is 2.11 bits per heavy atom. The molecule has 0 amide bonds. The summed E-state index contributed by atoms with van der Waals surface area (Å²) in [6.45, 7) is 7.36. The minimum atomic E-state index is -0.632. The lowest BCUT2D eigenvalue weighted by Gasteiger charge is -2.23.